The quantitative estimate of drug-likeness (QED) is 0.566. The molecule has 0 unspecified atom stereocenters. The van der Waals surface area contributed by atoms with Gasteiger partial charge in [0.2, 0.25) is 5.78 Å². The first-order chi connectivity index (χ1) is 6.80. The zero-order chi connectivity index (χ0) is 13.4. The van der Waals surface area contributed by atoms with E-state index in [2.05, 4.69) is 0 Å². The van der Waals surface area contributed by atoms with E-state index >= 15 is 0 Å². The Morgan fingerprint density at radius 1 is 0.875 bits per heavy atom. The van der Waals surface area contributed by atoms with E-state index in [4.69, 9.17) is 0 Å². The molecule has 0 saturated heterocycles. The average molecular weight is 246 g/mol. The first-order valence-electron chi connectivity index (χ1n) is 4.31. The minimum absolute atomic E-state index is 0.957. The Balaban J connectivity index is 4.80. The third-order valence-electron chi connectivity index (χ3n) is 1.86. The second kappa shape index (κ2) is 4.10. The molecule has 0 heterocycles. The van der Waals surface area contributed by atoms with Crippen LogP contribution < -0.4 is 0 Å². The zero-order valence-corrected chi connectivity index (χ0v) is 8.91. The maximum Gasteiger partial charge on any atom is 0.461 e. The van der Waals surface area contributed by atoms with E-state index < -0.39 is 35.5 Å². The van der Waals surface area contributed by atoms with Crippen molar-refractivity contribution in [3.63, 3.8) is 0 Å². The van der Waals surface area contributed by atoms with E-state index in [0.717, 1.165) is 0 Å². The number of hydrogen-bond donors (Lipinski definition) is 0. The van der Waals surface area contributed by atoms with Crippen LogP contribution in [0.25, 0.3) is 0 Å². The molecule has 2 nitrogen and oxygen atoms in total. The van der Waals surface area contributed by atoms with Crippen molar-refractivity contribution in [2.75, 3.05) is 0 Å². The van der Waals surface area contributed by atoms with Gasteiger partial charge in [-0.25, -0.2) is 0 Å². The molecule has 0 aliphatic rings. The van der Waals surface area contributed by atoms with Gasteiger partial charge >= 0.3 is 12.1 Å². The molecule has 0 aliphatic heterocycles. The summed E-state index contributed by atoms with van der Waals surface area (Å²) in [4.78, 5) is 21.8. The summed E-state index contributed by atoms with van der Waals surface area (Å²) in [6.45, 7) is 3.98. The van der Waals surface area contributed by atoms with Gasteiger partial charge in [0.05, 0.1) is 6.42 Å². The number of alkyl halides is 5. The Morgan fingerprint density at radius 3 is 1.50 bits per heavy atom. The van der Waals surface area contributed by atoms with Crippen molar-refractivity contribution in [2.24, 2.45) is 5.41 Å². The fourth-order valence-electron chi connectivity index (χ4n) is 0.680. The number of halogens is 5. The molecule has 0 spiro atoms. The first kappa shape index (κ1) is 15.0. The van der Waals surface area contributed by atoms with Crippen LogP contribution in [0.1, 0.15) is 27.2 Å². The fraction of sp³-hybridized carbons (Fsp3) is 0.778. The zero-order valence-electron chi connectivity index (χ0n) is 8.91. The van der Waals surface area contributed by atoms with Crippen LogP contribution in [-0.4, -0.2) is 23.7 Å². The Morgan fingerprint density at radius 2 is 1.25 bits per heavy atom. The monoisotopic (exact) mass is 246 g/mol. The highest BCUT2D eigenvalue weighted by atomic mass is 19.4. The molecular formula is C9H11F5O2. The molecule has 94 valence electrons. The van der Waals surface area contributed by atoms with Crippen LogP contribution in [0, 0.1) is 5.41 Å². The highest BCUT2D eigenvalue weighted by Gasteiger charge is 2.63. The number of ketones is 2. The van der Waals surface area contributed by atoms with E-state index in [1.54, 1.807) is 0 Å². The SMILES string of the molecule is CC(C)(C)C(=O)CC(=O)C(F)(F)C(F)(F)F. The van der Waals surface area contributed by atoms with Crippen molar-refractivity contribution in [3.05, 3.63) is 0 Å². The lowest BCUT2D eigenvalue weighted by molar-refractivity contribution is -0.268. The first-order valence-corrected chi connectivity index (χ1v) is 4.31. The molecular weight excluding hydrogens is 235 g/mol. The van der Waals surface area contributed by atoms with Gasteiger partial charge in [-0.05, 0) is 0 Å². The highest BCUT2D eigenvalue weighted by Crippen LogP contribution is 2.37. The van der Waals surface area contributed by atoms with Crippen LogP contribution >= 0.6 is 0 Å². The maximum atomic E-state index is 12.4. The number of Topliss-reactive ketones (excluding diaryl/α,β-unsaturated/α-hetero) is 2. The van der Waals surface area contributed by atoms with Gasteiger partial charge in [0.15, 0.2) is 0 Å². The largest absolute Gasteiger partial charge is 0.461 e. The van der Waals surface area contributed by atoms with Crippen LogP contribution in [0.4, 0.5) is 22.0 Å². The molecule has 0 atom stereocenters. The number of carbonyl (C=O) groups excluding carboxylic acids is 2. The summed E-state index contributed by atoms with van der Waals surface area (Å²) in [7, 11) is 0. The molecule has 0 amide bonds. The van der Waals surface area contributed by atoms with Crippen molar-refractivity contribution in [3.8, 4) is 0 Å². The summed E-state index contributed by atoms with van der Waals surface area (Å²) < 4.78 is 60.1. The van der Waals surface area contributed by atoms with Gasteiger partial charge in [-0.3, -0.25) is 9.59 Å². The molecule has 0 bridgehead atoms. The maximum absolute atomic E-state index is 12.4. The summed E-state index contributed by atoms with van der Waals surface area (Å²) in [6.07, 6.45) is -7.38. The molecule has 0 N–H and O–H groups in total. The predicted molar refractivity (Wildman–Crippen MR) is 45.1 cm³/mol. The average Bonchev–Trinajstić information content (AvgIpc) is 1.99. The lowest BCUT2D eigenvalue weighted by Gasteiger charge is -2.20. The molecule has 7 heteroatoms. The number of hydrogen-bond acceptors (Lipinski definition) is 2. The van der Waals surface area contributed by atoms with Crippen molar-refractivity contribution >= 4 is 11.6 Å². The highest BCUT2D eigenvalue weighted by molar-refractivity contribution is 6.04. The third-order valence-corrected chi connectivity index (χ3v) is 1.86. The lowest BCUT2D eigenvalue weighted by Crippen LogP contribution is -2.45. The third kappa shape index (κ3) is 3.24. The van der Waals surface area contributed by atoms with Crippen LogP contribution in [-0.2, 0) is 9.59 Å². The summed E-state index contributed by atoms with van der Waals surface area (Å²) in [5, 5.41) is 0. The van der Waals surface area contributed by atoms with Gasteiger partial charge in [0, 0.05) is 5.41 Å². The summed E-state index contributed by atoms with van der Waals surface area (Å²) >= 11 is 0. The molecule has 0 aliphatic carbocycles. The minimum atomic E-state index is -5.96. The Labute approximate surface area is 88.8 Å². The normalized spacial score (nSPS) is 13.8. The van der Waals surface area contributed by atoms with Gasteiger partial charge in [0.25, 0.3) is 0 Å². The van der Waals surface area contributed by atoms with E-state index in [0.29, 0.717) is 0 Å². The molecule has 0 radical (unpaired) electrons. The second-order valence-electron chi connectivity index (χ2n) is 4.35. The van der Waals surface area contributed by atoms with Gasteiger partial charge in [0.1, 0.15) is 5.78 Å². The van der Waals surface area contributed by atoms with Crippen molar-refractivity contribution in [1.29, 1.82) is 0 Å². The smallest absolute Gasteiger partial charge is 0.299 e. The van der Waals surface area contributed by atoms with Gasteiger partial charge in [-0.15, -0.1) is 0 Å². The molecule has 0 rings (SSSR count). The predicted octanol–water partition coefficient (Wildman–Crippen LogP) is 2.76. The summed E-state index contributed by atoms with van der Waals surface area (Å²) in [6, 6.07) is 0. The van der Waals surface area contributed by atoms with E-state index in [9.17, 15) is 31.5 Å². The molecule has 0 saturated carbocycles. The molecule has 0 fully saturated rings. The number of carbonyl (C=O) groups is 2. The summed E-state index contributed by atoms with van der Waals surface area (Å²) in [5.74, 6) is -8.84. The van der Waals surface area contributed by atoms with Gasteiger partial charge in [-0.2, -0.15) is 22.0 Å². The van der Waals surface area contributed by atoms with Crippen molar-refractivity contribution in [2.45, 2.75) is 39.3 Å². The van der Waals surface area contributed by atoms with Gasteiger partial charge < -0.3 is 0 Å². The van der Waals surface area contributed by atoms with Crippen LogP contribution in [0.3, 0.4) is 0 Å². The minimum Gasteiger partial charge on any atom is -0.299 e. The summed E-state index contributed by atoms with van der Waals surface area (Å²) in [5.41, 5.74) is -1.13. The molecule has 0 aromatic rings. The van der Waals surface area contributed by atoms with E-state index in [1.165, 1.54) is 20.8 Å². The van der Waals surface area contributed by atoms with Crippen LogP contribution in [0.5, 0.6) is 0 Å². The Hall–Kier alpha value is -1.01. The Bertz CT molecular complexity index is 298. The molecule has 0 aromatic heterocycles. The lowest BCUT2D eigenvalue weighted by atomic mass is 9.87. The fourth-order valence-corrected chi connectivity index (χ4v) is 0.680. The van der Waals surface area contributed by atoms with Crippen LogP contribution in [0.15, 0.2) is 0 Å². The number of rotatable bonds is 3. The van der Waals surface area contributed by atoms with Gasteiger partial charge in [-0.1, -0.05) is 20.8 Å². The standard InChI is InChI=1S/C9H11F5O2/c1-7(2,3)5(15)4-6(16)8(10,11)9(12,13)14/h4H2,1-3H3. The second-order valence-corrected chi connectivity index (χ2v) is 4.35. The van der Waals surface area contributed by atoms with E-state index in [1.807, 2.05) is 0 Å². The van der Waals surface area contributed by atoms with E-state index in [-0.39, 0.29) is 0 Å². The Kier molecular flexibility index (Phi) is 3.84. The van der Waals surface area contributed by atoms with Crippen molar-refractivity contribution in [1.82, 2.24) is 0 Å². The van der Waals surface area contributed by atoms with Crippen molar-refractivity contribution < 1.29 is 31.5 Å². The molecule has 0 aromatic carbocycles. The topological polar surface area (TPSA) is 34.1 Å². The van der Waals surface area contributed by atoms with Crippen LogP contribution in [0.2, 0.25) is 0 Å². The molecule has 16 heavy (non-hydrogen) atoms.